The lowest BCUT2D eigenvalue weighted by atomic mass is 9.97. The third-order valence-electron chi connectivity index (χ3n) is 3.56. The molecule has 0 aliphatic heterocycles. The largest absolute Gasteiger partial charge is 0.361 e. The number of fused-ring (bicyclic) bond motifs is 1. The molecule has 0 unspecified atom stereocenters. The molecule has 3 rings (SSSR count). The first-order valence-electron chi connectivity index (χ1n) is 6.94. The van der Waals surface area contributed by atoms with Crippen molar-refractivity contribution in [3.05, 3.63) is 39.6 Å². The van der Waals surface area contributed by atoms with E-state index in [0.717, 1.165) is 36.0 Å². The number of aromatic nitrogens is 3. The zero-order chi connectivity index (χ0) is 13.9. The van der Waals surface area contributed by atoms with Crippen LogP contribution in [0.4, 0.5) is 0 Å². The maximum atomic E-state index is 11.4. The molecule has 0 fully saturated rings. The van der Waals surface area contributed by atoms with E-state index in [-0.39, 0.29) is 5.56 Å². The number of hydrogen-bond donors (Lipinski definition) is 0. The Morgan fingerprint density at radius 2 is 2.25 bits per heavy atom. The summed E-state index contributed by atoms with van der Waals surface area (Å²) in [5.74, 6) is 1.75. The van der Waals surface area contributed by atoms with Gasteiger partial charge in [0.05, 0.1) is 5.69 Å². The minimum absolute atomic E-state index is 0.195. The number of thioether (sulfide) groups is 1. The van der Waals surface area contributed by atoms with Gasteiger partial charge in [0.2, 0.25) is 0 Å². The van der Waals surface area contributed by atoms with Gasteiger partial charge in [0.25, 0.3) is 5.56 Å². The number of aryl methyl sites for hydroxylation is 2. The summed E-state index contributed by atoms with van der Waals surface area (Å²) >= 11 is 1.55. The summed E-state index contributed by atoms with van der Waals surface area (Å²) in [6.45, 7) is 2.83. The Morgan fingerprint density at radius 3 is 3.10 bits per heavy atom. The fourth-order valence-electron chi connectivity index (χ4n) is 2.46. The van der Waals surface area contributed by atoms with E-state index in [1.807, 2.05) is 11.5 Å². The molecule has 0 saturated heterocycles. The number of nitrogens with zero attached hydrogens (tertiary/aromatic N) is 3. The van der Waals surface area contributed by atoms with E-state index in [4.69, 9.17) is 4.52 Å². The molecule has 0 amide bonds. The van der Waals surface area contributed by atoms with Crippen molar-refractivity contribution in [3.8, 4) is 0 Å². The SMILES string of the molecule is CCn1ccc(=O)nc1SCc1noc2c1CCCC2. The topological polar surface area (TPSA) is 60.9 Å². The van der Waals surface area contributed by atoms with E-state index >= 15 is 0 Å². The van der Waals surface area contributed by atoms with Crippen LogP contribution < -0.4 is 5.56 Å². The second kappa shape index (κ2) is 5.83. The van der Waals surface area contributed by atoms with Crippen molar-refractivity contribution in [2.45, 2.75) is 50.1 Å². The van der Waals surface area contributed by atoms with Crippen molar-refractivity contribution in [2.24, 2.45) is 0 Å². The smallest absolute Gasteiger partial charge is 0.273 e. The maximum absolute atomic E-state index is 11.4. The second-order valence-electron chi connectivity index (χ2n) is 4.86. The lowest BCUT2D eigenvalue weighted by Gasteiger charge is -2.10. The first kappa shape index (κ1) is 13.4. The van der Waals surface area contributed by atoms with Gasteiger partial charge < -0.3 is 9.09 Å². The molecule has 106 valence electrons. The van der Waals surface area contributed by atoms with Crippen LogP contribution in [-0.2, 0) is 25.1 Å². The molecule has 0 bridgehead atoms. The van der Waals surface area contributed by atoms with Crippen molar-refractivity contribution in [3.63, 3.8) is 0 Å². The second-order valence-corrected chi connectivity index (χ2v) is 5.80. The predicted molar refractivity (Wildman–Crippen MR) is 76.9 cm³/mol. The van der Waals surface area contributed by atoms with Crippen LogP contribution in [0.5, 0.6) is 0 Å². The van der Waals surface area contributed by atoms with Crippen molar-refractivity contribution < 1.29 is 4.52 Å². The van der Waals surface area contributed by atoms with Gasteiger partial charge in [-0.25, -0.2) is 0 Å². The lowest BCUT2D eigenvalue weighted by molar-refractivity contribution is 0.369. The van der Waals surface area contributed by atoms with Gasteiger partial charge in [-0.05, 0) is 26.2 Å². The van der Waals surface area contributed by atoms with Gasteiger partial charge in [-0.2, -0.15) is 4.98 Å². The fraction of sp³-hybridized carbons (Fsp3) is 0.500. The van der Waals surface area contributed by atoms with Gasteiger partial charge in [-0.1, -0.05) is 16.9 Å². The van der Waals surface area contributed by atoms with Crippen LogP contribution in [0.1, 0.15) is 36.8 Å². The van der Waals surface area contributed by atoms with Crippen LogP contribution in [0.25, 0.3) is 0 Å². The zero-order valence-electron chi connectivity index (χ0n) is 11.5. The average Bonchev–Trinajstić information content (AvgIpc) is 2.88. The summed E-state index contributed by atoms with van der Waals surface area (Å²) in [4.78, 5) is 15.4. The Morgan fingerprint density at radius 1 is 1.40 bits per heavy atom. The molecule has 2 aromatic rings. The highest BCUT2D eigenvalue weighted by Crippen LogP contribution is 2.28. The molecular formula is C14H17N3O2S. The van der Waals surface area contributed by atoms with Gasteiger partial charge in [0.15, 0.2) is 5.16 Å². The Kier molecular flexibility index (Phi) is 3.91. The van der Waals surface area contributed by atoms with E-state index in [9.17, 15) is 4.79 Å². The predicted octanol–water partition coefficient (Wildman–Crippen LogP) is 2.42. The molecule has 2 aromatic heterocycles. The maximum Gasteiger partial charge on any atom is 0.273 e. The van der Waals surface area contributed by atoms with Gasteiger partial charge >= 0.3 is 0 Å². The summed E-state index contributed by atoms with van der Waals surface area (Å²) < 4.78 is 7.37. The molecule has 5 nitrogen and oxygen atoms in total. The Balaban J connectivity index is 1.78. The Bertz CT molecular complexity index is 663. The summed E-state index contributed by atoms with van der Waals surface area (Å²) in [7, 11) is 0. The molecule has 2 heterocycles. The molecule has 6 heteroatoms. The van der Waals surface area contributed by atoms with Gasteiger partial charge in [0.1, 0.15) is 5.76 Å². The highest BCUT2D eigenvalue weighted by atomic mass is 32.2. The molecule has 0 radical (unpaired) electrons. The Labute approximate surface area is 121 Å². The van der Waals surface area contributed by atoms with Crippen LogP contribution in [-0.4, -0.2) is 14.7 Å². The fourth-order valence-corrected chi connectivity index (χ4v) is 3.47. The molecule has 0 aromatic carbocycles. The van der Waals surface area contributed by atoms with Crippen LogP contribution in [0.2, 0.25) is 0 Å². The normalized spacial score (nSPS) is 14.2. The first-order chi connectivity index (χ1) is 9.78. The minimum atomic E-state index is -0.195. The molecule has 20 heavy (non-hydrogen) atoms. The quantitative estimate of drug-likeness (QED) is 0.639. The highest BCUT2D eigenvalue weighted by molar-refractivity contribution is 7.98. The monoisotopic (exact) mass is 291 g/mol. The standard InChI is InChI=1S/C14H17N3O2S/c1-2-17-8-7-13(18)15-14(17)20-9-11-10-5-3-4-6-12(10)19-16-11/h7-8H,2-6,9H2,1H3. The third kappa shape index (κ3) is 2.65. The third-order valence-corrected chi connectivity index (χ3v) is 4.56. The number of hydrogen-bond acceptors (Lipinski definition) is 5. The van der Waals surface area contributed by atoms with Crippen LogP contribution >= 0.6 is 11.8 Å². The summed E-state index contributed by atoms with van der Waals surface area (Å²) in [5, 5.41) is 4.92. The molecule has 0 spiro atoms. The molecule has 1 aliphatic carbocycles. The molecule has 1 aliphatic rings. The highest BCUT2D eigenvalue weighted by Gasteiger charge is 2.19. The van der Waals surface area contributed by atoms with Crippen LogP contribution in [0.15, 0.2) is 26.7 Å². The van der Waals surface area contributed by atoms with Crippen molar-refractivity contribution >= 4 is 11.8 Å². The van der Waals surface area contributed by atoms with Crippen LogP contribution in [0, 0.1) is 0 Å². The lowest BCUT2D eigenvalue weighted by Crippen LogP contribution is -2.12. The summed E-state index contributed by atoms with van der Waals surface area (Å²) in [5.41, 5.74) is 2.08. The van der Waals surface area contributed by atoms with Gasteiger partial charge in [-0.3, -0.25) is 4.79 Å². The number of rotatable bonds is 4. The molecule has 0 N–H and O–H groups in total. The first-order valence-corrected chi connectivity index (χ1v) is 7.93. The van der Waals surface area contributed by atoms with Crippen molar-refractivity contribution in [2.75, 3.05) is 0 Å². The summed E-state index contributed by atoms with van der Waals surface area (Å²) in [6.07, 6.45) is 6.23. The van der Waals surface area contributed by atoms with E-state index in [1.165, 1.54) is 24.5 Å². The minimum Gasteiger partial charge on any atom is -0.361 e. The van der Waals surface area contributed by atoms with E-state index in [2.05, 4.69) is 10.1 Å². The van der Waals surface area contributed by atoms with E-state index < -0.39 is 0 Å². The van der Waals surface area contributed by atoms with Crippen LogP contribution in [0.3, 0.4) is 0 Å². The Hall–Kier alpha value is -1.56. The molecule has 0 atom stereocenters. The molecular weight excluding hydrogens is 274 g/mol. The zero-order valence-corrected chi connectivity index (χ0v) is 12.3. The van der Waals surface area contributed by atoms with Crippen molar-refractivity contribution in [1.29, 1.82) is 0 Å². The van der Waals surface area contributed by atoms with Gasteiger partial charge in [-0.15, -0.1) is 0 Å². The summed E-state index contributed by atoms with van der Waals surface area (Å²) in [6, 6.07) is 1.49. The van der Waals surface area contributed by atoms with E-state index in [0.29, 0.717) is 5.75 Å². The molecule has 0 saturated carbocycles. The van der Waals surface area contributed by atoms with Gasteiger partial charge in [0, 0.05) is 36.5 Å². The van der Waals surface area contributed by atoms with E-state index in [1.54, 1.807) is 18.0 Å². The average molecular weight is 291 g/mol. The van der Waals surface area contributed by atoms with Crippen molar-refractivity contribution in [1.82, 2.24) is 14.7 Å².